The number of hydrogen-bond acceptors (Lipinski definition) is 4. The summed E-state index contributed by atoms with van der Waals surface area (Å²) in [5.41, 5.74) is 6.70. The van der Waals surface area contributed by atoms with E-state index in [9.17, 15) is 4.79 Å². The normalized spacial score (nSPS) is 23.2. The number of aromatic nitrogens is 1. The van der Waals surface area contributed by atoms with Gasteiger partial charge in [-0.3, -0.25) is 4.79 Å². The number of nitrogens with one attached hydrogen (secondary N) is 1. The van der Waals surface area contributed by atoms with E-state index in [0.29, 0.717) is 25.2 Å². The molecule has 1 aliphatic carbocycles. The van der Waals surface area contributed by atoms with Gasteiger partial charge >= 0.3 is 0 Å². The minimum absolute atomic E-state index is 0.00193. The van der Waals surface area contributed by atoms with Crippen molar-refractivity contribution in [2.75, 3.05) is 19.0 Å². The Morgan fingerprint density at radius 3 is 2.94 bits per heavy atom. The molecule has 1 aromatic rings. The molecule has 1 fully saturated rings. The first-order chi connectivity index (χ1) is 8.19. The van der Waals surface area contributed by atoms with Crippen LogP contribution < -0.4 is 16.6 Å². The smallest absolute Gasteiger partial charge is 0.250 e. The molecule has 17 heavy (non-hydrogen) atoms. The number of pyridine rings is 1. The molecule has 3 N–H and O–H groups in total. The van der Waals surface area contributed by atoms with Gasteiger partial charge in [0.1, 0.15) is 0 Å². The highest BCUT2D eigenvalue weighted by Crippen LogP contribution is 2.21. The predicted octanol–water partition coefficient (Wildman–Crippen LogP) is 0.396. The SMILES string of the molecule is COCCn1cc(NC2CC(N)C2)ccc1=O. The van der Waals surface area contributed by atoms with Gasteiger partial charge in [0.2, 0.25) is 0 Å². The maximum atomic E-state index is 11.6. The van der Waals surface area contributed by atoms with E-state index >= 15 is 0 Å². The largest absolute Gasteiger partial charge is 0.383 e. The standard InChI is InChI=1S/C12H19N3O2/c1-17-5-4-15-8-10(2-3-12(15)16)14-11-6-9(13)7-11/h2-3,8-9,11,14H,4-7,13H2,1H3. The van der Waals surface area contributed by atoms with Crippen molar-refractivity contribution >= 4 is 5.69 Å². The van der Waals surface area contributed by atoms with Gasteiger partial charge in [0, 0.05) is 38.0 Å². The molecule has 0 bridgehead atoms. The van der Waals surface area contributed by atoms with Crippen molar-refractivity contribution in [2.45, 2.75) is 31.5 Å². The fourth-order valence-corrected chi connectivity index (χ4v) is 2.00. The Bertz CT molecular complexity index is 424. The van der Waals surface area contributed by atoms with E-state index in [-0.39, 0.29) is 5.56 Å². The maximum absolute atomic E-state index is 11.6. The molecule has 1 aliphatic rings. The molecule has 1 saturated carbocycles. The van der Waals surface area contributed by atoms with Gasteiger partial charge in [-0.05, 0) is 18.9 Å². The molecule has 5 heteroatoms. The lowest BCUT2D eigenvalue weighted by Gasteiger charge is -2.33. The summed E-state index contributed by atoms with van der Waals surface area (Å²) in [6.07, 6.45) is 3.83. The van der Waals surface area contributed by atoms with Crippen molar-refractivity contribution in [1.29, 1.82) is 0 Å². The van der Waals surface area contributed by atoms with Crippen LogP contribution in [0.15, 0.2) is 23.1 Å². The van der Waals surface area contributed by atoms with Gasteiger partial charge in [0.05, 0.1) is 12.3 Å². The van der Waals surface area contributed by atoms with E-state index in [4.69, 9.17) is 10.5 Å². The zero-order chi connectivity index (χ0) is 12.3. The fraction of sp³-hybridized carbons (Fsp3) is 0.583. The van der Waals surface area contributed by atoms with Crippen molar-refractivity contribution in [2.24, 2.45) is 5.73 Å². The Morgan fingerprint density at radius 2 is 2.29 bits per heavy atom. The van der Waals surface area contributed by atoms with Crippen LogP contribution in [-0.4, -0.2) is 30.4 Å². The Balaban J connectivity index is 2.00. The van der Waals surface area contributed by atoms with Crippen LogP contribution >= 0.6 is 0 Å². The molecular weight excluding hydrogens is 218 g/mol. The van der Waals surface area contributed by atoms with Gasteiger partial charge in [-0.1, -0.05) is 0 Å². The molecule has 0 amide bonds. The molecule has 94 valence electrons. The first kappa shape index (κ1) is 12.1. The summed E-state index contributed by atoms with van der Waals surface area (Å²) in [6, 6.07) is 4.16. The van der Waals surface area contributed by atoms with Crippen molar-refractivity contribution < 1.29 is 4.74 Å². The molecule has 1 heterocycles. The van der Waals surface area contributed by atoms with Crippen LogP contribution in [0, 0.1) is 0 Å². The molecule has 1 aromatic heterocycles. The molecule has 0 aliphatic heterocycles. The van der Waals surface area contributed by atoms with Crippen LogP contribution in [0.5, 0.6) is 0 Å². The van der Waals surface area contributed by atoms with Crippen LogP contribution in [0.3, 0.4) is 0 Å². The molecule has 0 radical (unpaired) electrons. The zero-order valence-electron chi connectivity index (χ0n) is 10.1. The number of nitrogens with zero attached hydrogens (tertiary/aromatic N) is 1. The van der Waals surface area contributed by atoms with Gasteiger partial charge < -0.3 is 20.4 Å². The average molecular weight is 237 g/mol. The highest BCUT2D eigenvalue weighted by molar-refractivity contribution is 5.42. The van der Waals surface area contributed by atoms with E-state index in [1.54, 1.807) is 17.7 Å². The Kier molecular flexibility index (Phi) is 3.81. The van der Waals surface area contributed by atoms with E-state index < -0.39 is 0 Å². The van der Waals surface area contributed by atoms with Crippen molar-refractivity contribution in [3.05, 3.63) is 28.7 Å². The van der Waals surface area contributed by atoms with E-state index in [1.165, 1.54) is 0 Å². The lowest BCUT2D eigenvalue weighted by atomic mass is 9.87. The van der Waals surface area contributed by atoms with Crippen LogP contribution in [0.25, 0.3) is 0 Å². The second-order valence-electron chi connectivity index (χ2n) is 4.51. The first-order valence-electron chi connectivity index (χ1n) is 5.90. The zero-order valence-corrected chi connectivity index (χ0v) is 10.1. The van der Waals surface area contributed by atoms with Crippen molar-refractivity contribution in [3.63, 3.8) is 0 Å². The lowest BCUT2D eigenvalue weighted by Crippen LogP contribution is -2.44. The molecule has 2 rings (SSSR count). The number of anilines is 1. The third-order valence-electron chi connectivity index (χ3n) is 3.07. The number of ether oxygens (including phenoxy) is 1. The van der Waals surface area contributed by atoms with E-state index in [2.05, 4.69) is 5.32 Å². The van der Waals surface area contributed by atoms with Crippen LogP contribution in [0.1, 0.15) is 12.8 Å². The Labute approximate surface area is 101 Å². The summed E-state index contributed by atoms with van der Waals surface area (Å²) in [6.45, 7) is 1.12. The van der Waals surface area contributed by atoms with Gasteiger partial charge in [-0.15, -0.1) is 0 Å². The van der Waals surface area contributed by atoms with Crippen LogP contribution in [0.4, 0.5) is 5.69 Å². The second-order valence-corrected chi connectivity index (χ2v) is 4.51. The summed E-state index contributed by atoms with van der Waals surface area (Å²) >= 11 is 0. The predicted molar refractivity (Wildman–Crippen MR) is 67.2 cm³/mol. The maximum Gasteiger partial charge on any atom is 0.250 e. The van der Waals surface area contributed by atoms with E-state index in [0.717, 1.165) is 18.5 Å². The third-order valence-corrected chi connectivity index (χ3v) is 3.07. The number of nitrogens with two attached hydrogens (primary N) is 1. The molecule has 0 saturated heterocycles. The van der Waals surface area contributed by atoms with Gasteiger partial charge in [0.15, 0.2) is 0 Å². The molecule has 0 unspecified atom stereocenters. The summed E-state index contributed by atoms with van der Waals surface area (Å²) in [7, 11) is 1.63. The van der Waals surface area contributed by atoms with E-state index in [1.807, 2.05) is 12.3 Å². The van der Waals surface area contributed by atoms with Gasteiger partial charge in [-0.25, -0.2) is 0 Å². The molecule has 0 aromatic carbocycles. The molecular formula is C12H19N3O2. The molecule has 0 spiro atoms. The van der Waals surface area contributed by atoms with Crippen molar-refractivity contribution in [1.82, 2.24) is 4.57 Å². The summed E-state index contributed by atoms with van der Waals surface area (Å²) < 4.78 is 6.63. The molecule has 0 atom stereocenters. The molecule has 5 nitrogen and oxygen atoms in total. The number of hydrogen-bond donors (Lipinski definition) is 2. The lowest BCUT2D eigenvalue weighted by molar-refractivity contribution is 0.186. The summed E-state index contributed by atoms with van der Waals surface area (Å²) in [5.74, 6) is 0. The summed E-state index contributed by atoms with van der Waals surface area (Å²) in [4.78, 5) is 11.6. The quantitative estimate of drug-likeness (QED) is 0.777. The first-order valence-corrected chi connectivity index (χ1v) is 5.90. The number of rotatable bonds is 5. The number of methoxy groups -OCH3 is 1. The highest BCUT2D eigenvalue weighted by atomic mass is 16.5. The van der Waals surface area contributed by atoms with Crippen LogP contribution in [-0.2, 0) is 11.3 Å². The Morgan fingerprint density at radius 1 is 1.53 bits per heavy atom. The second kappa shape index (κ2) is 5.33. The third kappa shape index (κ3) is 3.08. The Hall–Kier alpha value is -1.33. The monoisotopic (exact) mass is 237 g/mol. The van der Waals surface area contributed by atoms with Gasteiger partial charge in [-0.2, -0.15) is 0 Å². The van der Waals surface area contributed by atoms with Crippen molar-refractivity contribution in [3.8, 4) is 0 Å². The summed E-state index contributed by atoms with van der Waals surface area (Å²) in [5, 5.41) is 3.37. The minimum atomic E-state index is -0.00193. The highest BCUT2D eigenvalue weighted by Gasteiger charge is 2.25. The fourth-order valence-electron chi connectivity index (χ4n) is 2.00. The van der Waals surface area contributed by atoms with Crippen LogP contribution in [0.2, 0.25) is 0 Å². The minimum Gasteiger partial charge on any atom is -0.383 e. The van der Waals surface area contributed by atoms with Gasteiger partial charge in [0.25, 0.3) is 5.56 Å². The average Bonchev–Trinajstić information content (AvgIpc) is 2.27. The topological polar surface area (TPSA) is 69.3 Å².